The highest BCUT2D eigenvalue weighted by Crippen LogP contribution is 2.26. The predicted molar refractivity (Wildman–Crippen MR) is 105 cm³/mol. The molecular formula is C21H25N5O2. The van der Waals surface area contributed by atoms with Crippen LogP contribution in [0.3, 0.4) is 0 Å². The van der Waals surface area contributed by atoms with Crippen LogP contribution in [0.1, 0.15) is 11.3 Å². The smallest absolute Gasteiger partial charge is 0.123 e. The molecule has 3 aromatic rings. The summed E-state index contributed by atoms with van der Waals surface area (Å²) < 4.78 is 8.01. The molecule has 2 atom stereocenters. The van der Waals surface area contributed by atoms with Gasteiger partial charge in [-0.25, -0.2) is 4.98 Å². The Labute approximate surface area is 164 Å². The maximum atomic E-state index is 10.5. The van der Waals surface area contributed by atoms with E-state index < -0.39 is 0 Å². The van der Waals surface area contributed by atoms with E-state index in [4.69, 9.17) is 4.74 Å². The molecule has 0 amide bonds. The van der Waals surface area contributed by atoms with Crippen LogP contribution in [0.5, 0.6) is 5.75 Å². The van der Waals surface area contributed by atoms with Crippen molar-refractivity contribution in [1.29, 1.82) is 0 Å². The lowest BCUT2D eigenvalue weighted by Gasteiger charge is -2.18. The second-order valence-corrected chi connectivity index (χ2v) is 7.18. The van der Waals surface area contributed by atoms with E-state index in [1.54, 1.807) is 31.1 Å². The molecule has 1 fully saturated rings. The molecule has 0 spiro atoms. The average Bonchev–Trinajstić information content (AvgIpc) is 3.34. The third-order valence-electron chi connectivity index (χ3n) is 5.10. The Morgan fingerprint density at radius 3 is 2.86 bits per heavy atom. The highest BCUT2D eigenvalue weighted by Gasteiger charge is 2.31. The molecule has 4 rings (SSSR count). The molecule has 1 aliphatic heterocycles. The molecular weight excluding hydrogens is 354 g/mol. The minimum atomic E-state index is -0.351. The monoisotopic (exact) mass is 379 g/mol. The van der Waals surface area contributed by atoms with Gasteiger partial charge in [0.25, 0.3) is 0 Å². The molecule has 3 heterocycles. The van der Waals surface area contributed by atoms with Crippen molar-refractivity contribution in [3.05, 3.63) is 72.8 Å². The quantitative estimate of drug-likeness (QED) is 0.643. The Morgan fingerprint density at radius 1 is 1.11 bits per heavy atom. The first kappa shape index (κ1) is 18.6. The Hall–Kier alpha value is -2.77. The lowest BCUT2D eigenvalue weighted by atomic mass is 10.0. The molecule has 28 heavy (non-hydrogen) atoms. The van der Waals surface area contributed by atoms with E-state index in [2.05, 4.69) is 25.9 Å². The highest BCUT2D eigenvalue weighted by molar-refractivity contribution is 5.33. The van der Waals surface area contributed by atoms with E-state index in [-0.39, 0.29) is 12.0 Å². The molecule has 0 saturated carbocycles. The topological polar surface area (TPSA) is 76.3 Å². The number of likely N-dealkylation sites (tertiary alicyclic amines) is 1. The van der Waals surface area contributed by atoms with Gasteiger partial charge in [-0.05, 0) is 12.5 Å². The molecule has 0 radical (unpaired) electrons. The summed E-state index contributed by atoms with van der Waals surface area (Å²) >= 11 is 0. The van der Waals surface area contributed by atoms with Gasteiger partial charge in [0.2, 0.25) is 0 Å². The van der Waals surface area contributed by atoms with Gasteiger partial charge in [0.15, 0.2) is 0 Å². The number of hydrogen-bond donors (Lipinski definition) is 1. The summed E-state index contributed by atoms with van der Waals surface area (Å²) in [7, 11) is 0. The van der Waals surface area contributed by atoms with E-state index in [9.17, 15) is 5.11 Å². The second-order valence-electron chi connectivity index (χ2n) is 7.18. The van der Waals surface area contributed by atoms with E-state index in [0.717, 1.165) is 43.1 Å². The minimum Gasteiger partial charge on any atom is -0.491 e. The molecule has 1 N–H and O–H groups in total. The number of benzene rings is 1. The first-order valence-corrected chi connectivity index (χ1v) is 9.59. The van der Waals surface area contributed by atoms with Crippen molar-refractivity contribution in [3.8, 4) is 5.75 Å². The van der Waals surface area contributed by atoms with Crippen molar-refractivity contribution in [2.24, 2.45) is 5.92 Å². The summed E-state index contributed by atoms with van der Waals surface area (Å²) in [5, 5.41) is 10.5. The SMILES string of the molecule is O[C@@H]1CN(Cc2ccccc2OCCn2ccnc2)C[C@H]1Cc1cnccn1. The molecule has 0 aliphatic carbocycles. The number of aliphatic hydroxyl groups excluding tert-OH is 1. The van der Waals surface area contributed by atoms with Crippen LogP contribution < -0.4 is 4.74 Å². The minimum absolute atomic E-state index is 0.172. The van der Waals surface area contributed by atoms with Gasteiger partial charge >= 0.3 is 0 Å². The number of para-hydroxylation sites is 1. The summed E-state index contributed by atoms with van der Waals surface area (Å²) in [4.78, 5) is 14.8. The van der Waals surface area contributed by atoms with Crippen LogP contribution in [0.15, 0.2) is 61.6 Å². The molecule has 0 unspecified atom stereocenters. The fourth-order valence-corrected chi connectivity index (χ4v) is 3.67. The Bertz CT molecular complexity index is 856. The fourth-order valence-electron chi connectivity index (χ4n) is 3.67. The van der Waals surface area contributed by atoms with E-state index >= 15 is 0 Å². The van der Waals surface area contributed by atoms with Gasteiger partial charge in [-0.3, -0.25) is 14.9 Å². The standard InChI is InChI=1S/C21H25N5O2/c27-20-15-26(14-18(20)11-19-12-22-5-6-24-19)13-17-3-1-2-4-21(17)28-10-9-25-8-7-23-16-25/h1-8,12,16,18,20,27H,9-11,13-15H2/t18-,20-/m1/s1. The van der Waals surface area contributed by atoms with Gasteiger partial charge < -0.3 is 14.4 Å². The third-order valence-corrected chi connectivity index (χ3v) is 5.10. The lowest BCUT2D eigenvalue weighted by molar-refractivity contribution is 0.140. The average molecular weight is 379 g/mol. The van der Waals surface area contributed by atoms with Crippen molar-refractivity contribution in [2.45, 2.75) is 25.6 Å². The van der Waals surface area contributed by atoms with Gasteiger partial charge in [0.05, 0.1) is 24.7 Å². The Balaban J connectivity index is 1.34. The maximum Gasteiger partial charge on any atom is 0.123 e. The van der Waals surface area contributed by atoms with Crippen LogP contribution in [-0.2, 0) is 19.5 Å². The van der Waals surface area contributed by atoms with Crippen LogP contribution in [0.25, 0.3) is 0 Å². The van der Waals surface area contributed by atoms with Crippen molar-refractivity contribution in [1.82, 2.24) is 24.4 Å². The van der Waals surface area contributed by atoms with E-state index in [1.165, 1.54) is 0 Å². The van der Waals surface area contributed by atoms with Crippen molar-refractivity contribution < 1.29 is 9.84 Å². The second kappa shape index (κ2) is 8.95. The van der Waals surface area contributed by atoms with E-state index in [0.29, 0.717) is 13.2 Å². The predicted octanol–water partition coefficient (Wildman–Crippen LogP) is 1.79. The number of imidazole rings is 1. The zero-order chi connectivity index (χ0) is 19.2. The molecule has 0 bridgehead atoms. The number of aliphatic hydroxyl groups is 1. The van der Waals surface area contributed by atoms with Crippen LogP contribution in [0.2, 0.25) is 0 Å². The van der Waals surface area contributed by atoms with Crippen LogP contribution in [0.4, 0.5) is 0 Å². The number of β-amino-alcohol motifs (C(OH)–C–C–N with tert-alkyl or cyclic N) is 1. The maximum absolute atomic E-state index is 10.5. The molecule has 1 aromatic carbocycles. The number of nitrogens with zero attached hydrogens (tertiary/aromatic N) is 5. The fraction of sp³-hybridized carbons (Fsp3) is 0.381. The van der Waals surface area contributed by atoms with Crippen molar-refractivity contribution in [3.63, 3.8) is 0 Å². The van der Waals surface area contributed by atoms with Gasteiger partial charge in [0.1, 0.15) is 12.4 Å². The number of rotatable bonds is 8. The summed E-state index contributed by atoms with van der Waals surface area (Å²) in [5.74, 6) is 1.07. The van der Waals surface area contributed by atoms with Crippen LogP contribution in [-0.4, -0.2) is 55.3 Å². The van der Waals surface area contributed by atoms with Gasteiger partial charge in [-0.2, -0.15) is 0 Å². The Morgan fingerprint density at radius 2 is 2.04 bits per heavy atom. The number of hydrogen-bond acceptors (Lipinski definition) is 6. The largest absolute Gasteiger partial charge is 0.491 e. The number of aromatic nitrogens is 4. The van der Waals surface area contributed by atoms with Gasteiger partial charge in [0, 0.05) is 62.1 Å². The molecule has 7 nitrogen and oxygen atoms in total. The van der Waals surface area contributed by atoms with E-state index in [1.807, 2.05) is 29.0 Å². The molecule has 7 heteroatoms. The summed E-state index contributed by atoms with van der Waals surface area (Å²) in [5.41, 5.74) is 2.07. The molecule has 146 valence electrons. The van der Waals surface area contributed by atoms with Crippen LogP contribution >= 0.6 is 0 Å². The first-order valence-electron chi connectivity index (χ1n) is 9.59. The highest BCUT2D eigenvalue weighted by atomic mass is 16.5. The summed E-state index contributed by atoms with van der Waals surface area (Å²) in [6, 6.07) is 8.12. The van der Waals surface area contributed by atoms with Crippen molar-refractivity contribution in [2.75, 3.05) is 19.7 Å². The molecule has 1 aliphatic rings. The summed E-state index contributed by atoms with van der Waals surface area (Å²) in [6.45, 7) is 3.60. The molecule has 1 saturated heterocycles. The summed E-state index contributed by atoms with van der Waals surface area (Å²) in [6.07, 6.45) is 11.0. The number of ether oxygens (including phenoxy) is 1. The molecule has 2 aromatic heterocycles. The zero-order valence-corrected chi connectivity index (χ0v) is 15.8. The van der Waals surface area contributed by atoms with Gasteiger partial charge in [-0.1, -0.05) is 18.2 Å². The normalized spacial score (nSPS) is 19.8. The lowest BCUT2D eigenvalue weighted by Crippen LogP contribution is -2.22. The first-order chi connectivity index (χ1) is 13.8. The van der Waals surface area contributed by atoms with Crippen LogP contribution in [0, 0.1) is 5.92 Å². The third kappa shape index (κ3) is 4.74. The Kier molecular flexibility index (Phi) is 5.94. The zero-order valence-electron chi connectivity index (χ0n) is 15.8. The van der Waals surface area contributed by atoms with Gasteiger partial charge in [-0.15, -0.1) is 0 Å². The van der Waals surface area contributed by atoms with Crippen molar-refractivity contribution >= 4 is 0 Å².